The molecule has 0 bridgehead atoms. The summed E-state index contributed by atoms with van der Waals surface area (Å²) in [6.07, 6.45) is 4.37. The van der Waals surface area contributed by atoms with Gasteiger partial charge >= 0.3 is 0 Å². The van der Waals surface area contributed by atoms with E-state index in [1.165, 1.54) is 10.8 Å². The summed E-state index contributed by atoms with van der Waals surface area (Å²) in [6, 6.07) is 26.9. The molecule has 1 aliphatic rings. The first-order valence-corrected chi connectivity index (χ1v) is 10.9. The van der Waals surface area contributed by atoms with Crippen molar-refractivity contribution in [3.8, 4) is 17.2 Å². The second kappa shape index (κ2) is 8.08. The number of hydrogen-bond donors (Lipinski definition) is 0. The Bertz CT molecular complexity index is 1300. The van der Waals surface area contributed by atoms with Crippen LogP contribution in [0.4, 0.5) is 0 Å². The lowest BCUT2D eigenvalue weighted by molar-refractivity contribution is 0.160. The van der Waals surface area contributed by atoms with Gasteiger partial charge in [0.15, 0.2) is 5.60 Å². The average molecular weight is 423 g/mol. The number of methoxy groups -OCH3 is 1. The number of ether oxygens (including phenoxy) is 3. The van der Waals surface area contributed by atoms with Crippen LogP contribution in [0, 0.1) is 6.92 Å². The number of fused-ring (bicyclic) bond motifs is 3. The van der Waals surface area contributed by atoms with Gasteiger partial charge in [-0.1, -0.05) is 48.5 Å². The van der Waals surface area contributed by atoms with Crippen molar-refractivity contribution in [3.05, 3.63) is 107 Å². The predicted octanol–water partition coefficient (Wildman–Crippen LogP) is 6.90. The minimum atomic E-state index is -0.753. The Morgan fingerprint density at radius 3 is 2.41 bits per heavy atom. The molecule has 4 aromatic carbocycles. The van der Waals surface area contributed by atoms with Gasteiger partial charge in [0.05, 0.1) is 13.7 Å². The van der Waals surface area contributed by atoms with E-state index in [4.69, 9.17) is 14.2 Å². The van der Waals surface area contributed by atoms with E-state index < -0.39 is 5.60 Å². The Kier molecular flexibility index (Phi) is 5.10. The van der Waals surface area contributed by atoms with Crippen LogP contribution in [0.2, 0.25) is 0 Å². The van der Waals surface area contributed by atoms with E-state index in [1.807, 2.05) is 25.1 Å². The van der Waals surface area contributed by atoms with Gasteiger partial charge in [-0.15, -0.1) is 0 Å². The zero-order valence-electron chi connectivity index (χ0n) is 18.6. The number of aryl methyl sites for hydroxylation is 1. The van der Waals surface area contributed by atoms with Gasteiger partial charge in [-0.05, 0) is 72.7 Å². The molecule has 0 spiro atoms. The van der Waals surface area contributed by atoms with Gasteiger partial charge in [0.2, 0.25) is 0 Å². The predicted molar refractivity (Wildman–Crippen MR) is 130 cm³/mol. The third-order valence-corrected chi connectivity index (χ3v) is 6.11. The molecule has 32 heavy (non-hydrogen) atoms. The highest BCUT2D eigenvalue weighted by Crippen LogP contribution is 2.45. The first-order valence-electron chi connectivity index (χ1n) is 10.9. The fourth-order valence-corrected chi connectivity index (χ4v) is 4.55. The maximum Gasteiger partial charge on any atom is 0.178 e. The van der Waals surface area contributed by atoms with Crippen LogP contribution in [0.3, 0.4) is 0 Å². The second-order valence-corrected chi connectivity index (χ2v) is 8.01. The van der Waals surface area contributed by atoms with E-state index in [0.29, 0.717) is 6.61 Å². The monoisotopic (exact) mass is 422 g/mol. The third-order valence-electron chi connectivity index (χ3n) is 6.11. The van der Waals surface area contributed by atoms with Gasteiger partial charge in [0.25, 0.3) is 0 Å². The van der Waals surface area contributed by atoms with Crippen LogP contribution in [0.15, 0.2) is 84.9 Å². The highest BCUT2D eigenvalue weighted by atomic mass is 16.5. The molecule has 5 rings (SSSR count). The summed E-state index contributed by atoms with van der Waals surface area (Å²) in [6.45, 7) is 4.73. The van der Waals surface area contributed by atoms with Crippen LogP contribution in [0.25, 0.3) is 16.8 Å². The molecule has 1 unspecified atom stereocenters. The van der Waals surface area contributed by atoms with Crippen molar-refractivity contribution in [2.75, 3.05) is 13.7 Å². The summed E-state index contributed by atoms with van der Waals surface area (Å²) in [7, 11) is 1.69. The molecule has 1 heterocycles. The smallest absolute Gasteiger partial charge is 0.178 e. The molecule has 1 aliphatic heterocycles. The normalized spacial score (nSPS) is 17.0. The van der Waals surface area contributed by atoms with Crippen molar-refractivity contribution in [1.29, 1.82) is 0 Å². The molecule has 0 fully saturated rings. The van der Waals surface area contributed by atoms with Crippen molar-refractivity contribution in [2.24, 2.45) is 0 Å². The summed E-state index contributed by atoms with van der Waals surface area (Å²) in [5, 5.41) is 2.39. The van der Waals surface area contributed by atoms with Crippen molar-refractivity contribution in [2.45, 2.75) is 19.4 Å². The Morgan fingerprint density at radius 1 is 0.875 bits per heavy atom. The number of hydrogen-bond acceptors (Lipinski definition) is 3. The van der Waals surface area contributed by atoms with Crippen molar-refractivity contribution < 1.29 is 14.2 Å². The van der Waals surface area contributed by atoms with Crippen LogP contribution in [0.1, 0.15) is 29.2 Å². The zero-order valence-corrected chi connectivity index (χ0v) is 18.6. The Labute approximate surface area is 188 Å². The van der Waals surface area contributed by atoms with Gasteiger partial charge in [0, 0.05) is 16.7 Å². The van der Waals surface area contributed by atoms with E-state index in [-0.39, 0.29) is 0 Å². The summed E-state index contributed by atoms with van der Waals surface area (Å²) in [4.78, 5) is 0. The largest absolute Gasteiger partial charge is 0.497 e. The molecule has 0 aromatic heterocycles. The molecule has 1 atom stereocenters. The third kappa shape index (κ3) is 3.31. The molecule has 160 valence electrons. The van der Waals surface area contributed by atoms with Crippen LogP contribution >= 0.6 is 0 Å². The molecule has 0 aliphatic carbocycles. The van der Waals surface area contributed by atoms with Gasteiger partial charge in [-0.2, -0.15) is 0 Å². The molecule has 0 saturated heterocycles. The maximum absolute atomic E-state index is 6.89. The van der Waals surface area contributed by atoms with Crippen molar-refractivity contribution >= 4 is 16.8 Å². The SMILES string of the molecule is CCOc1ccc(C2(c3ccc(OC)cc3C)C=Cc3c(ccc4ccccc34)O2)cc1. The summed E-state index contributed by atoms with van der Waals surface area (Å²) >= 11 is 0. The highest BCUT2D eigenvalue weighted by Gasteiger charge is 2.38. The fourth-order valence-electron chi connectivity index (χ4n) is 4.55. The van der Waals surface area contributed by atoms with E-state index >= 15 is 0 Å². The molecule has 3 nitrogen and oxygen atoms in total. The average Bonchev–Trinajstić information content (AvgIpc) is 2.84. The topological polar surface area (TPSA) is 27.7 Å². The Morgan fingerprint density at radius 2 is 1.66 bits per heavy atom. The zero-order chi connectivity index (χ0) is 22.1. The summed E-state index contributed by atoms with van der Waals surface area (Å²) < 4.78 is 18.0. The first kappa shape index (κ1) is 20.2. The van der Waals surface area contributed by atoms with Gasteiger partial charge < -0.3 is 14.2 Å². The van der Waals surface area contributed by atoms with E-state index in [2.05, 4.69) is 79.7 Å². The van der Waals surface area contributed by atoms with Crippen molar-refractivity contribution in [3.63, 3.8) is 0 Å². The van der Waals surface area contributed by atoms with Gasteiger partial charge in [-0.25, -0.2) is 0 Å². The number of rotatable bonds is 5. The molecule has 0 radical (unpaired) electrons. The van der Waals surface area contributed by atoms with Gasteiger partial charge in [0.1, 0.15) is 17.2 Å². The van der Waals surface area contributed by atoms with Crippen LogP contribution < -0.4 is 14.2 Å². The maximum atomic E-state index is 6.89. The fraction of sp³-hybridized carbons (Fsp3) is 0.172. The highest BCUT2D eigenvalue weighted by molar-refractivity contribution is 5.94. The minimum Gasteiger partial charge on any atom is -0.497 e. The lowest BCUT2D eigenvalue weighted by Crippen LogP contribution is -2.35. The van der Waals surface area contributed by atoms with Gasteiger partial charge in [-0.3, -0.25) is 0 Å². The molecule has 4 aromatic rings. The quantitative estimate of drug-likeness (QED) is 0.350. The van der Waals surface area contributed by atoms with Crippen LogP contribution in [-0.4, -0.2) is 13.7 Å². The lowest BCUT2D eigenvalue weighted by Gasteiger charge is -2.37. The Balaban J connectivity index is 1.70. The minimum absolute atomic E-state index is 0.638. The molecule has 0 N–H and O–H groups in total. The second-order valence-electron chi connectivity index (χ2n) is 8.01. The standard InChI is InChI=1S/C29H26O3/c1-4-31-23-12-10-22(11-13-23)29(27-15-14-24(30-3)19-20(27)2)18-17-26-25-8-6-5-7-21(25)9-16-28(26)32-29/h5-19H,4H2,1-3H3. The van der Waals surface area contributed by atoms with E-state index in [9.17, 15) is 0 Å². The molecular formula is C29H26O3. The van der Waals surface area contributed by atoms with Crippen molar-refractivity contribution in [1.82, 2.24) is 0 Å². The lowest BCUT2D eigenvalue weighted by atomic mass is 9.81. The number of benzene rings is 4. The molecule has 3 heteroatoms. The summed E-state index contributed by atoms with van der Waals surface area (Å²) in [5.74, 6) is 2.55. The van der Waals surface area contributed by atoms with Crippen LogP contribution in [-0.2, 0) is 5.60 Å². The molecule has 0 saturated carbocycles. The molecule has 0 amide bonds. The van der Waals surface area contributed by atoms with Crippen LogP contribution in [0.5, 0.6) is 17.2 Å². The Hall–Kier alpha value is -3.72. The van der Waals surface area contributed by atoms with E-state index in [1.54, 1.807) is 7.11 Å². The first-order chi connectivity index (χ1) is 15.6. The summed E-state index contributed by atoms with van der Waals surface area (Å²) in [5.41, 5.74) is 3.58. The van der Waals surface area contributed by atoms with E-state index in [0.717, 1.165) is 39.5 Å². The molecular weight excluding hydrogens is 396 g/mol.